The molecule has 0 bridgehead atoms. The van der Waals surface area contributed by atoms with E-state index in [9.17, 15) is 4.79 Å². The Bertz CT molecular complexity index is 950. The second-order valence-electron chi connectivity index (χ2n) is 7.18. The van der Waals surface area contributed by atoms with Crippen LogP contribution in [0.25, 0.3) is 0 Å². The van der Waals surface area contributed by atoms with E-state index >= 15 is 0 Å². The van der Waals surface area contributed by atoms with Gasteiger partial charge >= 0.3 is 0 Å². The van der Waals surface area contributed by atoms with Crippen LogP contribution < -0.4 is 10.1 Å². The van der Waals surface area contributed by atoms with Crippen molar-refractivity contribution in [3.63, 3.8) is 0 Å². The quantitative estimate of drug-likeness (QED) is 0.660. The Kier molecular flexibility index (Phi) is 6.09. The van der Waals surface area contributed by atoms with Gasteiger partial charge in [0.1, 0.15) is 5.75 Å². The van der Waals surface area contributed by atoms with E-state index in [1.807, 2.05) is 63.2 Å². The van der Waals surface area contributed by atoms with Gasteiger partial charge in [0.2, 0.25) is 0 Å². The van der Waals surface area contributed by atoms with Crippen molar-refractivity contribution in [2.75, 3.05) is 5.32 Å². The highest BCUT2D eigenvalue weighted by Gasteiger charge is 2.16. The maximum atomic E-state index is 12.5. The number of carbonyl (C=O) groups is 1. The average molecular weight is 374 g/mol. The fourth-order valence-corrected chi connectivity index (χ4v) is 3.05. The van der Waals surface area contributed by atoms with Gasteiger partial charge in [-0.15, -0.1) is 0 Å². The summed E-state index contributed by atoms with van der Waals surface area (Å²) in [6.45, 7) is 7.85. The number of aromatic nitrogens is 1. The number of hydrogen-bond acceptors (Lipinski definition) is 3. The van der Waals surface area contributed by atoms with Crippen molar-refractivity contribution in [1.82, 2.24) is 4.98 Å². The van der Waals surface area contributed by atoms with Crippen LogP contribution in [0.15, 0.2) is 60.9 Å². The van der Waals surface area contributed by atoms with E-state index in [2.05, 4.69) is 16.4 Å². The van der Waals surface area contributed by atoms with E-state index in [-0.39, 0.29) is 5.91 Å². The zero-order valence-electron chi connectivity index (χ0n) is 16.8. The number of carbonyl (C=O) groups excluding carboxylic acids is 1. The minimum absolute atomic E-state index is 0.166. The molecule has 28 heavy (non-hydrogen) atoms. The summed E-state index contributed by atoms with van der Waals surface area (Å²) >= 11 is 0. The van der Waals surface area contributed by atoms with Crippen LogP contribution in [0.1, 0.15) is 34.7 Å². The van der Waals surface area contributed by atoms with Gasteiger partial charge in [0.25, 0.3) is 5.91 Å². The lowest BCUT2D eigenvalue weighted by atomic mass is 10.1. The van der Waals surface area contributed by atoms with Crippen LogP contribution in [0, 0.1) is 20.8 Å². The largest absolute Gasteiger partial charge is 0.481 e. The Morgan fingerprint density at radius 1 is 1.00 bits per heavy atom. The number of nitrogens with zero attached hydrogens (tertiary/aromatic N) is 1. The standard InChI is InChI=1S/C24H26N2O2/c1-16-13-17(2)18(3)23(14-16)28-19(4)24(27)26-22-7-5-20(6-8-22)15-21-9-11-25-12-10-21/h5-14,19H,15H2,1-4H3,(H,26,27). The van der Waals surface area contributed by atoms with Gasteiger partial charge in [-0.2, -0.15) is 0 Å². The molecule has 144 valence electrons. The molecule has 1 unspecified atom stereocenters. The van der Waals surface area contributed by atoms with Gasteiger partial charge in [-0.25, -0.2) is 0 Å². The number of ether oxygens (including phenoxy) is 1. The predicted octanol–water partition coefficient (Wildman–Crippen LogP) is 5.00. The van der Waals surface area contributed by atoms with Crippen LogP contribution in [0.2, 0.25) is 0 Å². The first-order valence-corrected chi connectivity index (χ1v) is 9.45. The van der Waals surface area contributed by atoms with Gasteiger partial charge in [0.15, 0.2) is 6.10 Å². The van der Waals surface area contributed by atoms with Gasteiger partial charge in [-0.1, -0.05) is 18.2 Å². The van der Waals surface area contributed by atoms with Crippen LogP contribution in [0.4, 0.5) is 5.69 Å². The fraction of sp³-hybridized carbons (Fsp3) is 0.250. The van der Waals surface area contributed by atoms with Crippen molar-refractivity contribution in [2.24, 2.45) is 0 Å². The molecule has 0 radical (unpaired) electrons. The molecular formula is C24H26N2O2. The van der Waals surface area contributed by atoms with E-state index in [4.69, 9.17) is 4.74 Å². The van der Waals surface area contributed by atoms with Gasteiger partial charge < -0.3 is 10.1 Å². The second-order valence-corrected chi connectivity index (χ2v) is 7.18. The lowest BCUT2D eigenvalue weighted by Gasteiger charge is -2.18. The molecule has 1 aromatic heterocycles. The molecular weight excluding hydrogens is 348 g/mol. The van der Waals surface area contributed by atoms with Gasteiger partial charge in [0.05, 0.1) is 0 Å². The fourth-order valence-electron chi connectivity index (χ4n) is 3.05. The Balaban J connectivity index is 1.61. The van der Waals surface area contributed by atoms with Crippen molar-refractivity contribution >= 4 is 11.6 Å². The summed E-state index contributed by atoms with van der Waals surface area (Å²) in [5.74, 6) is 0.591. The number of pyridine rings is 1. The Labute approximate surface area is 166 Å². The van der Waals surface area contributed by atoms with Crippen LogP contribution in [0.5, 0.6) is 5.75 Å². The number of nitrogens with one attached hydrogen (secondary N) is 1. The molecule has 1 amide bonds. The molecule has 4 nitrogen and oxygen atoms in total. The van der Waals surface area contributed by atoms with Crippen molar-refractivity contribution in [3.05, 3.63) is 88.7 Å². The second kappa shape index (κ2) is 8.70. The molecule has 4 heteroatoms. The van der Waals surface area contributed by atoms with Crippen LogP contribution in [-0.2, 0) is 11.2 Å². The topological polar surface area (TPSA) is 51.2 Å². The predicted molar refractivity (Wildman–Crippen MR) is 113 cm³/mol. The lowest BCUT2D eigenvalue weighted by molar-refractivity contribution is -0.122. The first-order valence-electron chi connectivity index (χ1n) is 9.45. The molecule has 0 saturated carbocycles. The van der Waals surface area contributed by atoms with E-state index in [1.54, 1.807) is 19.3 Å². The molecule has 0 aliphatic rings. The Hall–Kier alpha value is -3.14. The van der Waals surface area contributed by atoms with Crippen molar-refractivity contribution in [1.29, 1.82) is 0 Å². The molecule has 0 aliphatic carbocycles. The molecule has 0 spiro atoms. The summed E-state index contributed by atoms with van der Waals surface area (Å²) in [6, 6.07) is 16.0. The summed E-state index contributed by atoms with van der Waals surface area (Å²) < 4.78 is 5.93. The van der Waals surface area contributed by atoms with Crippen LogP contribution in [0.3, 0.4) is 0 Å². The lowest BCUT2D eigenvalue weighted by Crippen LogP contribution is -2.30. The summed E-state index contributed by atoms with van der Waals surface area (Å²) in [4.78, 5) is 16.6. The van der Waals surface area contributed by atoms with Crippen molar-refractivity contribution in [3.8, 4) is 5.75 Å². The maximum Gasteiger partial charge on any atom is 0.265 e. The van der Waals surface area contributed by atoms with Crippen molar-refractivity contribution in [2.45, 2.75) is 40.2 Å². The first kappa shape index (κ1) is 19.6. The number of rotatable bonds is 6. The molecule has 2 aromatic carbocycles. The van der Waals surface area contributed by atoms with Crippen LogP contribution >= 0.6 is 0 Å². The zero-order valence-corrected chi connectivity index (χ0v) is 16.8. The number of amides is 1. The van der Waals surface area contributed by atoms with E-state index in [1.165, 1.54) is 11.1 Å². The van der Waals surface area contributed by atoms with Gasteiger partial charge in [-0.05, 0) is 92.3 Å². The minimum Gasteiger partial charge on any atom is -0.481 e. The van der Waals surface area contributed by atoms with E-state index in [0.717, 1.165) is 34.5 Å². The summed E-state index contributed by atoms with van der Waals surface area (Å²) in [5.41, 5.74) is 6.49. The molecule has 1 N–H and O–H groups in total. The summed E-state index contributed by atoms with van der Waals surface area (Å²) in [7, 11) is 0. The molecule has 0 aliphatic heterocycles. The summed E-state index contributed by atoms with van der Waals surface area (Å²) in [5, 5.41) is 2.93. The van der Waals surface area contributed by atoms with Gasteiger partial charge in [0, 0.05) is 18.1 Å². The third kappa shape index (κ3) is 4.97. The third-order valence-corrected chi connectivity index (χ3v) is 4.82. The minimum atomic E-state index is -0.587. The van der Waals surface area contributed by atoms with E-state index < -0.39 is 6.10 Å². The van der Waals surface area contributed by atoms with E-state index in [0.29, 0.717) is 0 Å². The highest BCUT2D eigenvalue weighted by molar-refractivity contribution is 5.94. The molecule has 1 heterocycles. The zero-order chi connectivity index (χ0) is 20.1. The molecule has 3 aromatic rings. The Morgan fingerprint density at radius 2 is 1.64 bits per heavy atom. The molecule has 1 atom stereocenters. The monoisotopic (exact) mass is 374 g/mol. The van der Waals surface area contributed by atoms with Gasteiger partial charge in [-0.3, -0.25) is 9.78 Å². The van der Waals surface area contributed by atoms with Crippen molar-refractivity contribution < 1.29 is 9.53 Å². The average Bonchev–Trinajstić information content (AvgIpc) is 2.68. The molecule has 0 saturated heterocycles. The number of anilines is 1. The highest BCUT2D eigenvalue weighted by Crippen LogP contribution is 2.24. The third-order valence-electron chi connectivity index (χ3n) is 4.82. The highest BCUT2D eigenvalue weighted by atomic mass is 16.5. The number of aryl methyl sites for hydroxylation is 2. The first-order chi connectivity index (χ1) is 13.4. The molecule has 0 fully saturated rings. The van der Waals surface area contributed by atoms with Crippen LogP contribution in [-0.4, -0.2) is 17.0 Å². The number of benzene rings is 2. The normalized spacial score (nSPS) is 11.7. The maximum absolute atomic E-state index is 12.5. The Morgan fingerprint density at radius 3 is 2.32 bits per heavy atom. The molecule has 3 rings (SSSR count). The summed E-state index contributed by atoms with van der Waals surface area (Å²) in [6.07, 6.45) is 3.84. The SMILES string of the molecule is Cc1cc(C)c(C)c(OC(C)C(=O)Nc2ccc(Cc3ccncc3)cc2)c1. The smallest absolute Gasteiger partial charge is 0.265 e. The number of hydrogen-bond donors (Lipinski definition) is 1.